The van der Waals surface area contributed by atoms with Gasteiger partial charge in [-0.15, -0.1) is 11.3 Å². The lowest BCUT2D eigenvalue weighted by Gasteiger charge is -2.23. The maximum atomic E-state index is 12.5. The van der Waals surface area contributed by atoms with E-state index in [1.165, 1.54) is 11.3 Å². The summed E-state index contributed by atoms with van der Waals surface area (Å²) < 4.78 is 0. The minimum absolute atomic E-state index is 0.139. The van der Waals surface area contributed by atoms with Crippen LogP contribution in [0.4, 0.5) is 0 Å². The predicted octanol–water partition coefficient (Wildman–Crippen LogP) is 2.12. The summed E-state index contributed by atoms with van der Waals surface area (Å²) in [4.78, 5) is 15.9. The third-order valence-corrected chi connectivity index (χ3v) is 5.25. The number of carbonyl (C=O) groups excluding carboxylic acids is 1. The van der Waals surface area contributed by atoms with Crippen LogP contribution in [0.3, 0.4) is 0 Å². The highest BCUT2D eigenvalue weighted by Crippen LogP contribution is 2.51. The fraction of sp³-hybridized carbons (Fsp3) is 0.615. The molecule has 2 aliphatic carbocycles. The van der Waals surface area contributed by atoms with Gasteiger partial charge in [0.2, 0.25) is 5.91 Å². The topological polar surface area (TPSA) is 32.3 Å². The van der Waals surface area contributed by atoms with Crippen LogP contribution in [0.15, 0.2) is 17.5 Å². The molecule has 1 aromatic rings. The molecule has 3 unspecified atom stereocenters. The molecule has 1 N–H and O–H groups in total. The van der Waals surface area contributed by atoms with Crippen LogP contribution < -0.4 is 5.32 Å². The summed E-state index contributed by atoms with van der Waals surface area (Å²) in [7, 11) is 0. The van der Waals surface area contributed by atoms with E-state index >= 15 is 0 Å². The van der Waals surface area contributed by atoms with Crippen molar-refractivity contribution in [1.29, 1.82) is 0 Å². The largest absolute Gasteiger partial charge is 0.317 e. The van der Waals surface area contributed by atoms with Crippen LogP contribution in [-0.4, -0.2) is 22.4 Å². The van der Waals surface area contributed by atoms with Gasteiger partial charge < -0.3 is 4.90 Å². The van der Waals surface area contributed by atoms with Crippen LogP contribution in [0.2, 0.25) is 0 Å². The molecule has 3 atom stereocenters. The molecule has 1 spiro atoms. The summed E-state index contributed by atoms with van der Waals surface area (Å²) in [6.45, 7) is 2.24. The summed E-state index contributed by atoms with van der Waals surface area (Å²) in [6.07, 6.45) is 3.35. The summed E-state index contributed by atoms with van der Waals surface area (Å²) in [6, 6.07) is 4.68. The minimum atomic E-state index is -0.184. The van der Waals surface area contributed by atoms with E-state index in [2.05, 4.69) is 34.7 Å². The van der Waals surface area contributed by atoms with Crippen molar-refractivity contribution in [3.8, 4) is 0 Å². The first kappa shape index (κ1) is 10.1. The van der Waals surface area contributed by atoms with E-state index < -0.39 is 0 Å². The van der Waals surface area contributed by atoms with E-state index in [4.69, 9.17) is 0 Å². The maximum absolute atomic E-state index is 12.5. The molecule has 90 valence electrons. The molecule has 2 saturated carbocycles. The molecule has 3 nitrogen and oxygen atoms in total. The Balaban J connectivity index is 1.70. The third-order valence-electron chi connectivity index (χ3n) is 4.32. The zero-order valence-electron chi connectivity index (χ0n) is 9.85. The zero-order valence-corrected chi connectivity index (χ0v) is 10.7. The van der Waals surface area contributed by atoms with Gasteiger partial charge in [0.05, 0.1) is 0 Å². The molecule has 0 aromatic carbocycles. The average molecular weight is 248 g/mol. The first-order valence-corrected chi connectivity index (χ1v) is 7.23. The van der Waals surface area contributed by atoms with Crippen molar-refractivity contribution in [2.24, 2.45) is 5.92 Å². The predicted molar refractivity (Wildman–Crippen MR) is 66.6 cm³/mol. The first-order valence-electron chi connectivity index (χ1n) is 6.35. The van der Waals surface area contributed by atoms with Gasteiger partial charge in [-0.25, -0.2) is 0 Å². The quantitative estimate of drug-likeness (QED) is 0.869. The van der Waals surface area contributed by atoms with Gasteiger partial charge in [0.15, 0.2) is 0 Å². The number of amides is 1. The zero-order chi connectivity index (χ0) is 11.6. The molecule has 3 fully saturated rings. The highest BCUT2D eigenvalue weighted by molar-refractivity contribution is 7.10. The van der Waals surface area contributed by atoms with Crippen LogP contribution in [0.1, 0.15) is 37.2 Å². The molecule has 17 heavy (non-hydrogen) atoms. The Hall–Kier alpha value is -0.870. The Morgan fingerprint density at radius 1 is 1.53 bits per heavy atom. The molecule has 4 heteroatoms. The van der Waals surface area contributed by atoms with Crippen molar-refractivity contribution in [3.05, 3.63) is 22.4 Å². The van der Waals surface area contributed by atoms with E-state index in [1.807, 2.05) is 0 Å². The van der Waals surface area contributed by atoms with Crippen molar-refractivity contribution in [2.75, 3.05) is 0 Å². The fourth-order valence-electron chi connectivity index (χ4n) is 2.93. The van der Waals surface area contributed by atoms with Gasteiger partial charge in [-0.1, -0.05) is 13.0 Å². The summed E-state index contributed by atoms with van der Waals surface area (Å²) in [5.41, 5.74) is -0.184. The lowest BCUT2D eigenvalue weighted by Crippen LogP contribution is -2.34. The molecule has 1 aliphatic heterocycles. The van der Waals surface area contributed by atoms with E-state index in [1.54, 1.807) is 11.3 Å². The van der Waals surface area contributed by atoms with Gasteiger partial charge in [0, 0.05) is 10.9 Å². The average Bonchev–Trinajstić information content (AvgIpc) is 3.13. The number of hydrogen-bond acceptors (Lipinski definition) is 3. The van der Waals surface area contributed by atoms with Crippen molar-refractivity contribution < 1.29 is 4.79 Å². The highest BCUT2D eigenvalue weighted by atomic mass is 32.1. The number of carbonyl (C=O) groups is 1. The van der Waals surface area contributed by atoms with E-state index in [0.717, 1.165) is 12.8 Å². The normalized spacial score (nSPS) is 37.8. The SMILES string of the molecule is CC1CC1N1C(=O)C2(CC2)NC1c1cccs1. The van der Waals surface area contributed by atoms with Crippen LogP contribution in [0.25, 0.3) is 0 Å². The molecule has 2 heterocycles. The van der Waals surface area contributed by atoms with Crippen molar-refractivity contribution in [3.63, 3.8) is 0 Å². The lowest BCUT2D eigenvalue weighted by molar-refractivity contribution is -0.131. The van der Waals surface area contributed by atoms with Crippen molar-refractivity contribution in [1.82, 2.24) is 10.2 Å². The Labute approximate surface area is 105 Å². The van der Waals surface area contributed by atoms with Crippen LogP contribution in [0, 0.1) is 5.92 Å². The number of thiophene rings is 1. The fourth-order valence-corrected chi connectivity index (χ4v) is 3.70. The number of hydrogen-bond donors (Lipinski definition) is 1. The standard InChI is InChI=1S/C13H16N2OS/c1-8-7-9(8)15-11(10-3-2-6-17-10)14-13(4-5-13)12(15)16/h2-3,6,8-9,11,14H,4-5,7H2,1H3. The van der Waals surface area contributed by atoms with Crippen LogP contribution in [0.5, 0.6) is 0 Å². The monoisotopic (exact) mass is 248 g/mol. The number of rotatable bonds is 2. The molecule has 1 aromatic heterocycles. The second kappa shape index (κ2) is 3.12. The van der Waals surface area contributed by atoms with Crippen molar-refractivity contribution >= 4 is 17.2 Å². The maximum Gasteiger partial charge on any atom is 0.244 e. The van der Waals surface area contributed by atoms with E-state index in [-0.39, 0.29) is 11.7 Å². The lowest BCUT2D eigenvalue weighted by atomic mass is 10.2. The summed E-state index contributed by atoms with van der Waals surface area (Å²) in [5, 5.41) is 5.66. The summed E-state index contributed by atoms with van der Waals surface area (Å²) >= 11 is 1.74. The Kier molecular flexibility index (Phi) is 1.85. The summed E-state index contributed by atoms with van der Waals surface area (Å²) in [5.74, 6) is 1.03. The molecule has 1 saturated heterocycles. The molecular weight excluding hydrogens is 232 g/mol. The highest BCUT2D eigenvalue weighted by Gasteiger charge is 2.62. The molecule has 0 radical (unpaired) electrons. The molecule has 0 bridgehead atoms. The Morgan fingerprint density at radius 3 is 2.82 bits per heavy atom. The van der Waals surface area contributed by atoms with Gasteiger partial charge in [-0.2, -0.15) is 0 Å². The van der Waals surface area contributed by atoms with E-state index in [0.29, 0.717) is 17.9 Å². The number of nitrogens with one attached hydrogen (secondary N) is 1. The van der Waals surface area contributed by atoms with Gasteiger partial charge in [-0.05, 0) is 36.6 Å². The van der Waals surface area contributed by atoms with Gasteiger partial charge >= 0.3 is 0 Å². The Morgan fingerprint density at radius 2 is 2.29 bits per heavy atom. The third kappa shape index (κ3) is 1.34. The smallest absolute Gasteiger partial charge is 0.244 e. The van der Waals surface area contributed by atoms with Crippen LogP contribution >= 0.6 is 11.3 Å². The minimum Gasteiger partial charge on any atom is -0.317 e. The van der Waals surface area contributed by atoms with Gasteiger partial charge in [0.25, 0.3) is 0 Å². The van der Waals surface area contributed by atoms with Gasteiger partial charge in [-0.3, -0.25) is 10.1 Å². The molecule has 4 rings (SSSR count). The second-order valence-corrected chi connectivity index (χ2v) is 6.62. The van der Waals surface area contributed by atoms with Crippen molar-refractivity contribution in [2.45, 2.75) is 43.9 Å². The molecule has 1 amide bonds. The first-order chi connectivity index (χ1) is 8.21. The molecule has 3 aliphatic rings. The van der Waals surface area contributed by atoms with E-state index in [9.17, 15) is 4.79 Å². The number of nitrogens with zero attached hydrogens (tertiary/aromatic N) is 1. The second-order valence-electron chi connectivity index (χ2n) is 5.64. The van der Waals surface area contributed by atoms with Crippen LogP contribution in [-0.2, 0) is 4.79 Å². The Bertz CT molecular complexity index is 466. The molecular formula is C13H16N2OS. The van der Waals surface area contributed by atoms with Gasteiger partial charge in [0.1, 0.15) is 11.7 Å².